The van der Waals surface area contributed by atoms with E-state index in [9.17, 15) is 20.1 Å². The second kappa shape index (κ2) is 6.34. The van der Waals surface area contributed by atoms with Crippen molar-refractivity contribution in [1.29, 1.82) is 0 Å². The molecule has 0 saturated carbocycles. The van der Waals surface area contributed by atoms with Crippen LogP contribution in [0.5, 0.6) is 17.2 Å². The summed E-state index contributed by atoms with van der Waals surface area (Å²) in [7, 11) is 0. The highest BCUT2D eigenvalue weighted by atomic mass is 16.3. The largest absolute Gasteiger partial charge is 0.507 e. The molecule has 24 heavy (non-hydrogen) atoms. The van der Waals surface area contributed by atoms with E-state index in [2.05, 4.69) is 0 Å². The molecule has 1 amide bonds. The van der Waals surface area contributed by atoms with Crippen molar-refractivity contribution in [2.24, 2.45) is 0 Å². The van der Waals surface area contributed by atoms with Crippen LogP contribution in [0.3, 0.4) is 0 Å². The summed E-state index contributed by atoms with van der Waals surface area (Å²) in [4.78, 5) is 14.2. The van der Waals surface area contributed by atoms with Crippen molar-refractivity contribution in [2.75, 3.05) is 4.90 Å². The molecular weight excluding hydrogens is 306 g/mol. The molecule has 0 aliphatic heterocycles. The third-order valence-corrected chi connectivity index (χ3v) is 3.59. The maximum atomic E-state index is 13.0. The zero-order valence-electron chi connectivity index (χ0n) is 12.6. The molecule has 3 aromatic rings. The Morgan fingerprint density at radius 1 is 0.708 bits per heavy atom. The SMILES string of the molecule is O=C(c1ccccc1O)N(c1ccccc1)c1cccc(O)c1O. The van der Waals surface area contributed by atoms with Crippen LogP contribution in [0.15, 0.2) is 72.8 Å². The van der Waals surface area contributed by atoms with Gasteiger partial charge in [-0.05, 0) is 36.4 Å². The maximum absolute atomic E-state index is 13.0. The van der Waals surface area contributed by atoms with E-state index in [0.29, 0.717) is 5.69 Å². The maximum Gasteiger partial charge on any atom is 0.266 e. The van der Waals surface area contributed by atoms with Crippen LogP contribution in [-0.4, -0.2) is 21.2 Å². The van der Waals surface area contributed by atoms with Gasteiger partial charge in [0.05, 0.1) is 11.3 Å². The molecule has 0 fully saturated rings. The highest BCUT2D eigenvalue weighted by molar-refractivity contribution is 6.13. The lowest BCUT2D eigenvalue weighted by Crippen LogP contribution is -2.26. The van der Waals surface area contributed by atoms with E-state index in [1.54, 1.807) is 42.5 Å². The van der Waals surface area contributed by atoms with Crippen LogP contribution >= 0.6 is 0 Å². The Kier molecular flexibility index (Phi) is 4.07. The van der Waals surface area contributed by atoms with Crippen LogP contribution in [-0.2, 0) is 0 Å². The first-order valence-electron chi connectivity index (χ1n) is 7.28. The van der Waals surface area contributed by atoms with Gasteiger partial charge in [0.1, 0.15) is 5.75 Å². The molecule has 3 rings (SSSR count). The molecule has 120 valence electrons. The van der Waals surface area contributed by atoms with E-state index in [-0.39, 0.29) is 22.7 Å². The number of anilines is 2. The van der Waals surface area contributed by atoms with Gasteiger partial charge in [-0.2, -0.15) is 0 Å². The molecule has 3 N–H and O–H groups in total. The molecule has 3 aromatic carbocycles. The summed E-state index contributed by atoms with van der Waals surface area (Å²) in [6.45, 7) is 0. The molecule has 5 nitrogen and oxygen atoms in total. The van der Waals surface area contributed by atoms with Crippen LogP contribution in [0.4, 0.5) is 11.4 Å². The van der Waals surface area contributed by atoms with Crippen molar-refractivity contribution in [1.82, 2.24) is 0 Å². The summed E-state index contributed by atoms with van der Waals surface area (Å²) < 4.78 is 0. The van der Waals surface area contributed by atoms with E-state index in [1.807, 2.05) is 0 Å². The first kappa shape index (κ1) is 15.4. The van der Waals surface area contributed by atoms with Crippen molar-refractivity contribution in [3.8, 4) is 17.2 Å². The van der Waals surface area contributed by atoms with E-state index in [4.69, 9.17) is 0 Å². The van der Waals surface area contributed by atoms with Gasteiger partial charge < -0.3 is 15.3 Å². The third-order valence-electron chi connectivity index (χ3n) is 3.59. The second-order valence-electron chi connectivity index (χ2n) is 5.14. The molecule has 0 atom stereocenters. The number of hydrogen-bond acceptors (Lipinski definition) is 4. The van der Waals surface area contributed by atoms with E-state index >= 15 is 0 Å². The normalized spacial score (nSPS) is 10.3. The molecule has 5 heteroatoms. The smallest absolute Gasteiger partial charge is 0.266 e. The Bertz CT molecular complexity index is 878. The average Bonchev–Trinajstić information content (AvgIpc) is 2.60. The zero-order chi connectivity index (χ0) is 17.1. The fraction of sp³-hybridized carbons (Fsp3) is 0. The Balaban J connectivity index is 2.18. The number of carbonyl (C=O) groups is 1. The molecule has 0 aromatic heterocycles. The number of para-hydroxylation sites is 3. The predicted molar refractivity (Wildman–Crippen MR) is 90.8 cm³/mol. The van der Waals surface area contributed by atoms with E-state index in [0.717, 1.165) is 0 Å². The lowest BCUT2D eigenvalue weighted by atomic mass is 10.1. The van der Waals surface area contributed by atoms with Crippen LogP contribution < -0.4 is 4.90 Å². The minimum atomic E-state index is -0.528. The molecule has 0 saturated heterocycles. The number of phenolic OH excluding ortho intramolecular Hbond substituents is 3. The Morgan fingerprint density at radius 3 is 2.04 bits per heavy atom. The van der Waals surface area contributed by atoms with Gasteiger partial charge in [-0.1, -0.05) is 36.4 Å². The molecule has 0 aliphatic carbocycles. The fourth-order valence-electron chi connectivity index (χ4n) is 2.42. The summed E-state index contributed by atoms with van der Waals surface area (Å²) >= 11 is 0. The lowest BCUT2D eigenvalue weighted by molar-refractivity contribution is 0.0996. The van der Waals surface area contributed by atoms with Crippen LogP contribution in [0.1, 0.15) is 10.4 Å². The molecule has 0 radical (unpaired) electrons. The molecule has 0 bridgehead atoms. The van der Waals surface area contributed by atoms with Crippen molar-refractivity contribution >= 4 is 17.3 Å². The lowest BCUT2D eigenvalue weighted by Gasteiger charge is -2.24. The van der Waals surface area contributed by atoms with Gasteiger partial charge in [-0.3, -0.25) is 9.69 Å². The van der Waals surface area contributed by atoms with E-state index < -0.39 is 11.7 Å². The summed E-state index contributed by atoms with van der Waals surface area (Å²) in [5.41, 5.74) is 0.699. The minimum absolute atomic E-state index is 0.0871. The summed E-state index contributed by atoms with van der Waals surface area (Å²) in [6, 6.07) is 19.2. The van der Waals surface area contributed by atoms with Gasteiger partial charge in [0, 0.05) is 5.69 Å². The molecule has 0 spiro atoms. The topological polar surface area (TPSA) is 81.0 Å². The monoisotopic (exact) mass is 321 g/mol. The van der Waals surface area contributed by atoms with E-state index in [1.165, 1.54) is 35.2 Å². The highest BCUT2D eigenvalue weighted by Crippen LogP contribution is 2.40. The van der Waals surface area contributed by atoms with Crippen molar-refractivity contribution in [2.45, 2.75) is 0 Å². The number of rotatable bonds is 3. The van der Waals surface area contributed by atoms with Crippen molar-refractivity contribution < 1.29 is 20.1 Å². The van der Waals surface area contributed by atoms with Gasteiger partial charge >= 0.3 is 0 Å². The third kappa shape index (κ3) is 2.75. The Labute approximate surface area is 138 Å². The minimum Gasteiger partial charge on any atom is -0.507 e. The summed E-state index contributed by atoms with van der Waals surface area (Å²) in [5, 5.41) is 29.9. The van der Waals surface area contributed by atoms with Crippen LogP contribution in [0, 0.1) is 0 Å². The highest BCUT2D eigenvalue weighted by Gasteiger charge is 2.25. The summed E-state index contributed by atoms with van der Waals surface area (Å²) in [6.07, 6.45) is 0. The van der Waals surface area contributed by atoms with Crippen LogP contribution in [0.2, 0.25) is 0 Å². The number of amides is 1. The number of hydrogen-bond donors (Lipinski definition) is 3. The predicted octanol–water partition coefficient (Wildman–Crippen LogP) is 3.78. The Hall–Kier alpha value is -3.47. The van der Waals surface area contributed by atoms with Crippen molar-refractivity contribution in [3.05, 3.63) is 78.4 Å². The quantitative estimate of drug-likeness (QED) is 0.641. The second-order valence-corrected chi connectivity index (χ2v) is 5.14. The number of phenols is 3. The molecule has 0 aliphatic rings. The van der Waals surface area contributed by atoms with Gasteiger partial charge in [0.25, 0.3) is 5.91 Å². The number of aromatic hydroxyl groups is 3. The molecular formula is C19H15NO4. The first-order valence-corrected chi connectivity index (χ1v) is 7.28. The standard InChI is InChI=1S/C19H15NO4/c21-16-11-5-4-9-14(16)19(24)20(13-7-2-1-3-8-13)15-10-6-12-17(22)18(15)23/h1-12,21-23H. The fourth-order valence-corrected chi connectivity index (χ4v) is 2.42. The van der Waals surface area contributed by atoms with Crippen molar-refractivity contribution in [3.63, 3.8) is 0 Å². The summed E-state index contributed by atoms with van der Waals surface area (Å²) in [5.74, 6) is -1.44. The molecule has 0 heterocycles. The van der Waals surface area contributed by atoms with Gasteiger partial charge in [0.2, 0.25) is 0 Å². The number of carbonyl (C=O) groups excluding carboxylic acids is 1. The van der Waals surface area contributed by atoms with Gasteiger partial charge in [0.15, 0.2) is 11.5 Å². The number of benzene rings is 3. The van der Waals surface area contributed by atoms with Gasteiger partial charge in [-0.15, -0.1) is 0 Å². The zero-order valence-corrected chi connectivity index (χ0v) is 12.6. The van der Waals surface area contributed by atoms with Crippen LogP contribution in [0.25, 0.3) is 0 Å². The molecule has 0 unspecified atom stereocenters. The Morgan fingerprint density at radius 2 is 1.33 bits per heavy atom. The average molecular weight is 321 g/mol. The van der Waals surface area contributed by atoms with Gasteiger partial charge in [-0.25, -0.2) is 0 Å². The number of nitrogens with zero attached hydrogens (tertiary/aromatic N) is 1. The first-order chi connectivity index (χ1) is 11.6.